The molecule has 9 heteroatoms. The SMILES string of the molecule is CCOc1ccc(S(=O)(=O)Nc2ccc(C(=O)NNC(=O)[C@@H]3C[C@H]3C)cc2)cc1. The van der Waals surface area contributed by atoms with Crippen molar-refractivity contribution in [3.05, 3.63) is 54.1 Å². The summed E-state index contributed by atoms with van der Waals surface area (Å²) in [5.74, 6) is 0.201. The van der Waals surface area contributed by atoms with Crippen LogP contribution in [0.1, 0.15) is 30.6 Å². The molecule has 0 unspecified atom stereocenters. The second-order valence-corrected chi connectivity index (χ2v) is 8.53. The minimum absolute atomic E-state index is 0.0466. The van der Waals surface area contributed by atoms with Crippen molar-refractivity contribution in [2.45, 2.75) is 25.2 Å². The molecule has 2 aromatic rings. The van der Waals surface area contributed by atoms with Crippen LogP contribution in [-0.2, 0) is 14.8 Å². The number of hydrogen-bond acceptors (Lipinski definition) is 5. The fraction of sp³-hybridized carbons (Fsp3) is 0.300. The first-order valence-electron chi connectivity index (χ1n) is 9.26. The Morgan fingerprint density at radius 3 is 2.21 bits per heavy atom. The van der Waals surface area contributed by atoms with E-state index in [-0.39, 0.29) is 22.3 Å². The highest BCUT2D eigenvalue weighted by Gasteiger charge is 2.39. The lowest BCUT2D eigenvalue weighted by molar-refractivity contribution is -0.123. The van der Waals surface area contributed by atoms with Gasteiger partial charge in [-0.1, -0.05) is 6.92 Å². The lowest BCUT2D eigenvalue weighted by Gasteiger charge is -2.10. The van der Waals surface area contributed by atoms with Crippen molar-refractivity contribution in [2.24, 2.45) is 11.8 Å². The van der Waals surface area contributed by atoms with E-state index in [0.29, 0.717) is 24.0 Å². The molecule has 1 fully saturated rings. The Labute approximate surface area is 169 Å². The smallest absolute Gasteiger partial charge is 0.269 e. The first-order chi connectivity index (χ1) is 13.8. The van der Waals surface area contributed by atoms with Gasteiger partial charge >= 0.3 is 0 Å². The summed E-state index contributed by atoms with van der Waals surface area (Å²) in [7, 11) is -3.77. The minimum atomic E-state index is -3.77. The van der Waals surface area contributed by atoms with Crippen LogP contribution in [0.3, 0.4) is 0 Å². The third-order valence-electron chi connectivity index (χ3n) is 4.59. The molecule has 0 aromatic heterocycles. The third-order valence-corrected chi connectivity index (χ3v) is 5.99. The van der Waals surface area contributed by atoms with Crippen LogP contribution in [0.4, 0.5) is 5.69 Å². The standard InChI is InChI=1S/C20H23N3O5S/c1-3-28-16-8-10-17(11-9-16)29(26,27)23-15-6-4-14(5-7-15)19(24)21-22-20(25)18-12-13(18)2/h4-11,13,18,23H,3,12H2,1-2H3,(H,21,24)(H,22,25)/t13-,18-/m1/s1. The van der Waals surface area contributed by atoms with Gasteiger partial charge in [0, 0.05) is 17.2 Å². The molecule has 0 bridgehead atoms. The Morgan fingerprint density at radius 1 is 1.03 bits per heavy atom. The third kappa shape index (κ3) is 5.26. The van der Waals surface area contributed by atoms with E-state index in [4.69, 9.17) is 4.74 Å². The van der Waals surface area contributed by atoms with E-state index in [0.717, 1.165) is 6.42 Å². The predicted molar refractivity (Wildman–Crippen MR) is 108 cm³/mol. The number of rotatable bonds is 7. The fourth-order valence-electron chi connectivity index (χ4n) is 2.76. The summed E-state index contributed by atoms with van der Waals surface area (Å²) in [5.41, 5.74) is 5.36. The predicted octanol–water partition coefficient (Wildman–Crippen LogP) is 2.30. The average Bonchev–Trinajstić information content (AvgIpc) is 3.43. The Kier molecular flexibility index (Phi) is 6.07. The average molecular weight is 417 g/mol. The van der Waals surface area contributed by atoms with E-state index in [1.807, 2.05) is 13.8 Å². The van der Waals surface area contributed by atoms with E-state index in [9.17, 15) is 18.0 Å². The summed E-state index contributed by atoms with van der Waals surface area (Å²) in [6.07, 6.45) is 0.824. The van der Waals surface area contributed by atoms with E-state index < -0.39 is 15.9 Å². The number of carbonyl (C=O) groups excluding carboxylic acids is 2. The van der Waals surface area contributed by atoms with Gasteiger partial charge in [0.15, 0.2) is 0 Å². The molecule has 1 saturated carbocycles. The van der Waals surface area contributed by atoms with E-state index in [1.54, 1.807) is 12.1 Å². The number of benzene rings is 2. The number of amides is 2. The maximum Gasteiger partial charge on any atom is 0.269 e. The summed E-state index contributed by atoms with van der Waals surface area (Å²) in [4.78, 5) is 23.9. The molecule has 2 aromatic carbocycles. The van der Waals surface area contributed by atoms with Crippen LogP contribution in [0.15, 0.2) is 53.4 Å². The number of sulfonamides is 1. The van der Waals surface area contributed by atoms with Crippen molar-refractivity contribution >= 4 is 27.5 Å². The van der Waals surface area contributed by atoms with Crippen LogP contribution in [0.25, 0.3) is 0 Å². The highest BCUT2D eigenvalue weighted by atomic mass is 32.2. The molecule has 1 aliphatic carbocycles. The molecule has 3 rings (SSSR count). The van der Waals surface area contributed by atoms with Crippen molar-refractivity contribution in [1.29, 1.82) is 0 Å². The molecular weight excluding hydrogens is 394 g/mol. The van der Waals surface area contributed by atoms with Crippen molar-refractivity contribution in [2.75, 3.05) is 11.3 Å². The maximum atomic E-state index is 12.5. The first kappa shape index (κ1) is 20.7. The maximum absolute atomic E-state index is 12.5. The molecule has 29 heavy (non-hydrogen) atoms. The van der Waals surface area contributed by atoms with Crippen LogP contribution >= 0.6 is 0 Å². The Hall–Kier alpha value is -3.07. The molecule has 0 saturated heterocycles. The fourth-order valence-corrected chi connectivity index (χ4v) is 3.81. The van der Waals surface area contributed by atoms with Crippen molar-refractivity contribution in [1.82, 2.24) is 10.9 Å². The van der Waals surface area contributed by atoms with Crippen LogP contribution in [0, 0.1) is 11.8 Å². The summed E-state index contributed by atoms with van der Waals surface area (Å²) >= 11 is 0. The molecule has 8 nitrogen and oxygen atoms in total. The van der Waals surface area contributed by atoms with Crippen LogP contribution < -0.4 is 20.3 Å². The van der Waals surface area contributed by atoms with Gasteiger partial charge in [0.25, 0.3) is 15.9 Å². The Bertz CT molecular complexity index is 988. The molecule has 0 spiro atoms. The van der Waals surface area contributed by atoms with Crippen molar-refractivity contribution in [3.63, 3.8) is 0 Å². The summed E-state index contributed by atoms with van der Waals surface area (Å²) < 4.78 is 32.7. The highest BCUT2D eigenvalue weighted by Crippen LogP contribution is 2.37. The van der Waals surface area contributed by atoms with Crippen molar-refractivity contribution < 1.29 is 22.7 Å². The Balaban J connectivity index is 1.59. The molecule has 2 atom stereocenters. The van der Waals surface area contributed by atoms with Gasteiger partial charge in [0.05, 0.1) is 11.5 Å². The van der Waals surface area contributed by atoms with Gasteiger partial charge < -0.3 is 4.74 Å². The summed E-state index contributed by atoms with van der Waals surface area (Å²) in [5, 5.41) is 0. The molecule has 2 amide bonds. The summed E-state index contributed by atoms with van der Waals surface area (Å²) in [6.45, 7) is 4.31. The molecular formula is C20H23N3O5S. The lowest BCUT2D eigenvalue weighted by atomic mass is 10.2. The van der Waals surface area contributed by atoms with Gasteiger partial charge in [-0.25, -0.2) is 8.42 Å². The lowest BCUT2D eigenvalue weighted by Crippen LogP contribution is -2.42. The first-order valence-corrected chi connectivity index (χ1v) is 10.7. The normalized spacial score (nSPS) is 17.9. The molecule has 0 heterocycles. The topological polar surface area (TPSA) is 114 Å². The zero-order chi connectivity index (χ0) is 21.0. The van der Waals surface area contributed by atoms with E-state index in [2.05, 4.69) is 15.6 Å². The molecule has 1 aliphatic rings. The molecule has 0 radical (unpaired) electrons. The number of anilines is 1. The zero-order valence-corrected chi connectivity index (χ0v) is 17.0. The molecule has 3 N–H and O–H groups in total. The quantitative estimate of drug-likeness (QED) is 0.598. The number of hydrazine groups is 1. The van der Waals surface area contributed by atoms with Gasteiger partial charge in [0.1, 0.15) is 5.75 Å². The van der Waals surface area contributed by atoms with Crippen LogP contribution in [-0.4, -0.2) is 26.8 Å². The van der Waals surface area contributed by atoms with Crippen molar-refractivity contribution in [3.8, 4) is 5.75 Å². The van der Waals surface area contributed by atoms with Gasteiger partial charge in [-0.05, 0) is 67.8 Å². The van der Waals surface area contributed by atoms with E-state index in [1.165, 1.54) is 36.4 Å². The highest BCUT2D eigenvalue weighted by molar-refractivity contribution is 7.92. The number of carbonyl (C=O) groups is 2. The minimum Gasteiger partial charge on any atom is -0.494 e. The summed E-state index contributed by atoms with van der Waals surface area (Å²) in [6, 6.07) is 12.0. The zero-order valence-electron chi connectivity index (χ0n) is 16.1. The Morgan fingerprint density at radius 2 is 1.66 bits per heavy atom. The monoisotopic (exact) mass is 417 g/mol. The van der Waals surface area contributed by atoms with Gasteiger partial charge in [0.2, 0.25) is 5.91 Å². The second kappa shape index (κ2) is 8.52. The van der Waals surface area contributed by atoms with Crippen LogP contribution in [0.5, 0.6) is 5.75 Å². The van der Waals surface area contributed by atoms with Gasteiger partial charge in [-0.3, -0.25) is 25.2 Å². The number of hydrogen-bond donors (Lipinski definition) is 3. The molecule has 0 aliphatic heterocycles. The number of ether oxygens (including phenoxy) is 1. The molecule has 154 valence electrons. The van der Waals surface area contributed by atoms with Gasteiger partial charge in [-0.15, -0.1) is 0 Å². The second-order valence-electron chi connectivity index (χ2n) is 6.85. The number of nitrogens with one attached hydrogen (secondary N) is 3. The van der Waals surface area contributed by atoms with Crippen LogP contribution in [0.2, 0.25) is 0 Å². The van der Waals surface area contributed by atoms with E-state index >= 15 is 0 Å². The largest absolute Gasteiger partial charge is 0.494 e. The van der Waals surface area contributed by atoms with Gasteiger partial charge in [-0.2, -0.15) is 0 Å².